The zero-order valence-corrected chi connectivity index (χ0v) is 43.9. The molecule has 0 heterocycles. The summed E-state index contributed by atoms with van der Waals surface area (Å²) >= 11 is 0. The Balaban J connectivity index is 4.10. The van der Waals surface area contributed by atoms with Gasteiger partial charge in [0.25, 0.3) is 0 Å². The molecule has 1 N–H and O–H groups in total. The zero-order chi connectivity index (χ0) is 46.9. The largest absolute Gasteiger partial charge is 0.472 e. The van der Waals surface area contributed by atoms with Crippen molar-refractivity contribution >= 4 is 13.8 Å². The topological polar surface area (TPSA) is 91.3 Å². The summed E-state index contributed by atoms with van der Waals surface area (Å²) in [5.41, 5.74) is 0. The van der Waals surface area contributed by atoms with Gasteiger partial charge in [-0.1, -0.05) is 230 Å². The molecule has 0 rings (SSSR count). The fourth-order valence-corrected chi connectivity index (χ4v) is 8.48. The van der Waals surface area contributed by atoms with E-state index < -0.39 is 13.9 Å². The van der Waals surface area contributed by atoms with Gasteiger partial charge in [0.2, 0.25) is 0 Å². The molecule has 0 bridgehead atoms. The molecule has 0 saturated carbocycles. The van der Waals surface area contributed by atoms with Crippen LogP contribution in [0.4, 0.5) is 0 Å². The highest BCUT2D eigenvalue weighted by Gasteiger charge is 2.26. The minimum absolute atomic E-state index is 0.0877. The van der Waals surface area contributed by atoms with Crippen LogP contribution in [0.25, 0.3) is 0 Å². The third kappa shape index (κ3) is 51.7. The summed E-state index contributed by atoms with van der Waals surface area (Å²) < 4.78 is 35.2. The van der Waals surface area contributed by atoms with E-state index >= 15 is 0 Å². The molecule has 64 heavy (non-hydrogen) atoms. The number of phosphoric ester groups is 1. The van der Waals surface area contributed by atoms with Crippen molar-refractivity contribution in [2.45, 2.75) is 258 Å². The molecule has 0 aliphatic rings. The number of allylic oxidation sites excluding steroid dienone is 6. The lowest BCUT2D eigenvalue weighted by Gasteiger charge is -2.24. The van der Waals surface area contributed by atoms with Crippen LogP contribution in [-0.4, -0.2) is 75.6 Å². The highest BCUT2D eigenvalue weighted by atomic mass is 31.2. The lowest BCUT2D eigenvalue weighted by molar-refractivity contribution is -0.870. The van der Waals surface area contributed by atoms with E-state index in [1.54, 1.807) is 0 Å². The Labute approximate surface area is 397 Å². The van der Waals surface area contributed by atoms with Crippen LogP contribution in [0.15, 0.2) is 36.5 Å². The van der Waals surface area contributed by atoms with Gasteiger partial charge >= 0.3 is 13.8 Å². The van der Waals surface area contributed by atoms with Crippen molar-refractivity contribution in [3.05, 3.63) is 36.5 Å². The number of phosphoric acid groups is 1. The van der Waals surface area contributed by atoms with E-state index in [1.165, 1.54) is 180 Å². The maximum Gasteiger partial charge on any atom is 0.472 e. The number of carbonyl (C=O) groups is 1. The second kappa shape index (κ2) is 48.2. The Hall–Kier alpha value is -1.28. The van der Waals surface area contributed by atoms with Gasteiger partial charge in [0, 0.05) is 13.0 Å². The van der Waals surface area contributed by atoms with Gasteiger partial charge in [0.15, 0.2) is 0 Å². The molecule has 378 valence electrons. The number of esters is 1. The van der Waals surface area contributed by atoms with Crippen LogP contribution in [0.1, 0.15) is 251 Å². The average Bonchev–Trinajstić information content (AvgIpc) is 3.25. The monoisotopic (exact) mass is 925 g/mol. The van der Waals surface area contributed by atoms with Crippen LogP contribution in [0.3, 0.4) is 0 Å². The number of carbonyl (C=O) groups excluding carboxylic acids is 1. The summed E-state index contributed by atoms with van der Waals surface area (Å²) in [5, 5.41) is 0. The van der Waals surface area contributed by atoms with Crippen molar-refractivity contribution in [2.24, 2.45) is 0 Å². The Morgan fingerprint density at radius 3 is 1.31 bits per heavy atom. The van der Waals surface area contributed by atoms with Gasteiger partial charge in [-0.3, -0.25) is 13.8 Å². The van der Waals surface area contributed by atoms with Crippen molar-refractivity contribution in [2.75, 3.05) is 54.1 Å². The summed E-state index contributed by atoms with van der Waals surface area (Å²) in [4.78, 5) is 23.0. The maximum atomic E-state index is 12.8. The van der Waals surface area contributed by atoms with Gasteiger partial charge in [0.05, 0.1) is 34.4 Å². The highest BCUT2D eigenvalue weighted by molar-refractivity contribution is 7.47. The van der Waals surface area contributed by atoms with Crippen LogP contribution < -0.4 is 0 Å². The lowest BCUT2D eigenvalue weighted by Crippen LogP contribution is -2.37. The fourth-order valence-electron chi connectivity index (χ4n) is 7.74. The molecule has 0 aliphatic carbocycles. The van der Waals surface area contributed by atoms with Crippen LogP contribution in [0.2, 0.25) is 0 Å². The van der Waals surface area contributed by atoms with Crippen molar-refractivity contribution in [1.29, 1.82) is 0 Å². The van der Waals surface area contributed by atoms with E-state index in [-0.39, 0.29) is 25.8 Å². The van der Waals surface area contributed by atoms with Gasteiger partial charge in [0.1, 0.15) is 19.3 Å². The zero-order valence-electron chi connectivity index (χ0n) is 43.0. The minimum Gasteiger partial charge on any atom is -0.457 e. The Morgan fingerprint density at radius 1 is 0.484 bits per heavy atom. The molecule has 8 nitrogen and oxygen atoms in total. The third-order valence-electron chi connectivity index (χ3n) is 12.0. The van der Waals surface area contributed by atoms with E-state index in [0.29, 0.717) is 24.1 Å². The smallest absolute Gasteiger partial charge is 0.457 e. The van der Waals surface area contributed by atoms with Crippen LogP contribution in [-0.2, 0) is 27.9 Å². The number of likely N-dealkylation sites (N-methyl/N-ethyl adjacent to an activating group) is 1. The van der Waals surface area contributed by atoms with E-state index in [4.69, 9.17) is 18.5 Å². The number of ether oxygens (including phenoxy) is 2. The minimum atomic E-state index is -4.28. The average molecular weight is 925 g/mol. The Morgan fingerprint density at radius 2 is 0.859 bits per heavy atom. The molecule has 2 unspecified atom stereocenters. The normalized spacial score (nSPS) is 13.8. The van der Waals surface area contributed by atoms with Crippen molar-refractivity contribution < 1.29 is 37.3 Å². The molecule has 0 saturated heterocycles. The second-order valence-corrected chi connectivity index (χ2v) is 21.1. The summed E-state index contributed by atoms with van der Waals surface area (Å²) in [5.74, 6) is -0.312. The summed E-state index contributed by atoms with van der Waals surface area (Å²) in [6.07, 6.45) is 59.1. The molecule has 0 spiro atoms. The number of hydrogen-bond donors (Lipinski definition) is 1. The first kappa shape index (κ1) is 62.7. The first-order valence-corrected chi connectivity index (χ1v) is 28.7. The summed E-state index contributed by atoms with van der Waals surface area (Å²) in [6, 6.07) is 0. The number of nitrogens with zero attached hydrogens (tertiary/aromatic N) is 1. The summed E-state index contributed by atoms with van der Waals surface area (Å²) in [7, 11) is 1.67. The molecule has 0 aromatic carbocycles. The van der Waals surface area contributed by atoms with E-state index in [9.17, 15) is 14.3 Å². The number of hydrogen-bond acceptors (Lipinski definition) is 6. The molecule has 0 aromatic rings. The van der Waals surface area contributed by atoms with Crippen molar-refractivity contribution in [1.82, 2.24) is 0 Å². The Bertz CT molecular complexity index is 1120. The number of unbranched alkanes of at least 4 members (excludes halogenated alkanes) is 31. The molecule has 0 fully saturated rings. The molecule has 9 heteroatoms. The Kier molecular flexibility index (Phi) is 47.2. The van der Waals surface area contributed by atoms with Crippen LogP contribution in [0.5, 0.6) is 0 Å². The molecule has 0 aliphatic heterocycles. The lowest BCUT2D eigenvalue weighted by atomic mass is 10.0. The highest BCUT2D eigenvalue weighted by Crippen LogP contribution is 2.43. The van der Waals surface area contributed by atoms with Crippen molar-refractivity contribution in [3.8, 4) is 0 Å². The first-order valence-electron chi connectivity index (χ1n) is 27.2. The predicted molar refractivity (Wildman–Crippen MR) is 275 cm³/mol. The van der Waals surface area contributed by atoms with Crippen LogP contribution >= 0.6 is 7.82 Å². The molecule has 2 atom stereocenters. The summed E-state index contributed by atoms with van der Waals surface area (Å²) in [6.45, 7) is 5.62. The molecule has 0 amide bonds. The van der Waals surface area contributed by atoms with Crippen LogP contribution in [0, 0.1) is 0 Å². The molecular formula is C55H107NO7P+. The van der Waals surface area contributed by atoms with E-state index in [1.807, 2.05) is 21.1 Å². The van der Waals surface area contributed by atoms with Gasteiger partial charge in [-0.15, -0.1) is 0 Å². The van der Waals surface area contributed by atoms with E-state index in [2.05, 4.69) is 50.3 Å². The quantitative estimate of drug-likeness (QED) is 0.0214. The second-order valence-electron chi connectivity index (χ2n) is 19.6. The molecule has 0 radical (unpaired) electrons. The molecular weight excluding hydrogens is 818 g/mol. The maximum absolute atomic E-state index is 12.8. The molecule has 0 aromatic heterocycles. The van der Waals surface area contributed by atoms with Crippen molar-refractivity contribution in [3.63, 3.8) is 0 Å². The van der Waals surface area contributed by atoms with E-state index in [0.717, 1.165) is 51.4 Å². The standard InChI is InChI=1S/C55H106NO7P/c1-6-8-10-12-14-16-18-20-22-24-26-28-29-30-32-34-36-38-40-42-44-46-48-55(57)63-54(53-62-64(58,59)61-51-49-56(3,4)5)52-60-50-47-45-43-41-39-37-35-33-31-27-25-23-21-19-17-15-13-11-9-7-2/h15,17,21,23,27,31,54H,6-14,16,18-20,22,24-26,28-30,32-53H2,1-5H3/p+1/b17-15-,23-21-,31-27-. The predicted octanol–water partition coefficient (Wildman–Crippen LogP) is 16.9. The SMILES string of the molecule is CCCCC/C=C\C/C=C\C/C=C\CCCCCCCCCOCC(COP(=O)(O)OCC[N+](C)(C)C)OC(=O)CCCCCCCCCCCCCCCCCCCCCCCC. The first-order chi connectivity index (χ1) is 31.1. The number of quaternary nitrogens is 1. The fraction of sp³-hybridized carbons (Fsp3) is 0.873. The van der Waals surface area contributed by atoms with Gasteiger partial charge in [-0.2, -0.15) is 0 Å². The third-order valence-corrected chi connectivity index (χ3v) is 12.9. The van der Waals surface area contributed by atoms with Gasteiger partial charge in [-0.05, 0) is 51.4 Å². The number of rotatable bonds is 51. The van der Waals surface area contributed by atoms with Gasteiger partial charge < -0.3 is 18.9 Å². The van der Waals surface area contributed by atoms with Gasteiger partial charge in [-0.25, -0.2) is 4.57 Å².